The molecule has 13 heteroatoms. The summed E-state index contributed by atoms with van der Waals surface area (Å²) in [5.41, 5.74) is 11.4. The molecule has 9 N–H and O–H groups in total. The first-order valence-corrected chi connectivity index (χ1v) is 11.7. The van der Waals surface area contributed by atoms with Gasteiger partial charge in [0.15, 0.2) is 0 Å². The Morgan fingerprint density at radius 1 is 0.838 bits per heavy atom. The summed E-state index contributed by atoms with van der Waals surface area (Å²) in [5, 5.41) is 25.7. The van der Waals surface area contributed by atoms with Crippen molar-refractivity contribution in [3.63, 3.8) is 0 Å². The molecular formula is C24H35N5O8. The smallest absolute Gasteiger partial charge is 0.326 e. The van der Waals surface area contributed by atoms with Crippen LogP contribution in [0, 0.1) is 5.92 Å². The van der Waals surface area contributed by atoms with Crippen molar-refractivity contribution in [1.82, 2.24) is 16.0 Å². The molecule has 1 aromatic rings. The summed E-state index contributed by atoms with van der Waals surface area (Å²) in [6.07, 6.45) is -1.03. The van der Waals surface area contributed by atoms with Gasteiger partial charge in [-0.05, 0) is 24.3 Å². The molecule has 0 heterocycles. The molecule has 0 saturated carbocycles. The molecule has 0 saturated heterocycles. The van der Waals surface area contributed by atoms with Crippen LogP contribution in [0.3, 0.4) is 0 Å². The molecule has 204 valence electrons. The van der Waals surface area contributed by atoms with Crippen LogP contribution < -0.4 is 27.4 Å². The van der Waals surface area contributed by atoms with Crippen LogP contribution in [-0.2, 0) is 35.2 Å². The Kier molecular flexibility index (Phi) is 12.7. The first kappa shape index (κ1) is 31.0. The lowest BCUT2D eigenvalue weighted by atomic mass is 10.0. The van der Waals surface area contributed by atoms with Crippen LogP contribution in [0.2, 0.25) is 0 Å². The molecule has 1 aromatic carbocycles. The van der Waals surface area contributed by atoms with Gasteiger partial charge in [0.1, 0.15) is 18.1 Å². The Bertz CT molecular complexity index is 969. The van der Waals surface area contributed by atoms with Gasteiger partial charge >= 0.3 is 11.9 Å². The number of benzene rings is 1. The summed E-state index contributed by atoms with van der Waals surface area (Å²) < 4.78 is 0. The predicted molar refractivity (Wildman–Crippen MR) is 132 cm³/mol. The quantitative estimate of drug-likeness (QED) is 0.139. The van der Waals surface area contributed by atoms with Crippen molar-refractivity contribution in [3.8, 4) is 0 Å². The Labute approximate surface area is 214 Å². The van der Waals surface area contributed by atoms with E-state index in [2.05, 4.69) is 16.0 Å². The van der Waals surface area contributed by atoms with Gasteiger partial charge < -0.3 is 37.6 Å². The maximum atomic E-state index is 13.0. The van der Waals surface area contributed by atoms with Crippen molar-refractivity contribution >= 4 is 35.6 Å². The maximum absolute atomic E-state index is 13.0. The lowest BCUT2D eigenvalue weighted by molar-refractivity contribution is -0.142. The second-order valence-corrected chi connectivity index (χ2v) is 9.05. The van der Waals surface area contributed by atoms with E-state index in [1.165, 1.54) is 0 Å². The van der Waals surface area contributed by atoms with E-state index < -0.39 is 66.2 Å². The van der Waals surface area contributed by atoms with Crippen LogP contribution in [0.1, 0.15) is 45.1 Å². The highest BCUT2D eigenvalue weighted by atomic mass is 16.4. The molecule has 13 nitrogen and oxygen atoms in total. The Hall–Kier alpha value is -4.00. The van der Waals surface area contributed by atoms with Crippen LogP contribution in [-0.4, -0.2) is 69.9 Å². The number of amides is 4. The van der Waals surface area contributed by atoms with Crippen LogP contribution in [0.25, 0.3) is 0 Å². The third-order valence-corrected chi connectivity index (χ3v) is 5.28. The first-order chi connectivity index (χ1) is 17.3. The zero-order valence-corrected chi connectivity index (χ0v) is 20.8. The first-order valence-electron chi connectivity index (χ1n) is 11.7. The number of hydrogen-bond donors (Lipinski definition) is 7. The molecule has 4 atom stereocenters. The minimum absolute atomic E-state index is 0.0219. The van der Waals surface area contributed by atoms with E-state index >= 15 is 0 Å². The number of nitrogens with one attached hydrogen (secondary N) is 3. The molecule has 0 aliphatic rings. The SMILES string of the molecule is CC(C)CC(NC(=O)C(N)CC(=O)O)C(=O)NC(CCC(N)=O)C(=O)NC(Cc1ccccc1)C(=O)O. The number of primary amides is 1. The standard InChI is InChI=1S/C24H35N5O8/c1-13(2)10-17(28-21(33)15(25)12-20(31)32)23(35)27-16(8-9-19(26)30)22(34)29-18(24(36)37)11-14-6-4-3-5-7-14/h3-7,13,15-18H,8-12,25H2,1-2H3,(H2,26,30)(H,27,35)(H,28,33)(H,29,34)(H,31,32)(H,36,37). The van der Waals surface area contributed by atoms with Gasteiger partial charge in [0.05, 0.1) is 12.5 Å². The Morgan fingerprint density at radius 3 is 1.89 bits per heavy atom. The van der Waals surface area contributed by atoms with Crippen molar-refractivity contribution in [3.05, 3.63) is 35.9 Å². The zero-order valence-electron chi connectivity index (χ0n) is 20.8. The molecule has 4 unspecified atom stereocenters. The van der Waals surface area contributed by atoms with Gasteiger partial charge in [-0.3, -0.25) is 24.0 Å². The summed E-state index contributed by atoms with van der Waals surface area (Å²) in [5.74, 6) is -5.92. The van der Waals surface area contributed by atoms with Crippen molar-refractivity contribution < 1.29 is 39.0 Å². The minimum atomic E-state index is -1.40. The van der Waals surface area contributed by atoms with Gasteiger partial charge in [0.2, 0.25) is 23.6 Å². The van der Waals surface area contributed by atoms with E-state index in [0.29, 0.717) is 5.56 Å². The summed E-state index contributed by atoms with van der Waals surface area (Å²) in [6.45, 7) is 3.56. The summed E-state index contributed by atoms with van der Waals surface area (Å²) in [4.78, 5) is 72.3. The van der Waals surface area contributed by atoms with Crippen LogP contribution in [0.4, 0.5) is 0 Å². The van der Waals surface area contributed by atoms with Gasteiger partial charge in [-0.1, -0.05) is 44.2 Å². The molecule has 1 rings (SSSR count). The highest BCUT2D eigenvalue weighted by Gasteiger charge is 2.31. The number of nitrogens with two attached hydrogens (primary N) is 2. The Balaban J connectivity index is 3.04. The second-order valence-electron chi connectivity index (χ2n) is 9.05. The van der Waals surface area contributed by atoms with Gasteiger partial charge in [-0.15, -0.1) is 0 Å². The van der Waals surface area contributed by atoms with Gasteiger partial charge in [-0.2, -0.15) is 0 Å². The highest BCUT2D eigenvalue weighted by molar-refractivity contribution is 5.95. The summed E-state index contributed by atoms with van der Waals surface area (Å²) >= 11 is 0. The van der Waals surface area contributed by atoms with E-state index in [9.17, 15) is 33.9 Å². The monoisotopic (exact) mass is 521 g/mol. The van der Waals surface area contributed by atoms with Gasteiger partial charge in [0, 0.05) is 12.8 Å². The fourth-order valence-electron chi connectivity index (χ4n) is 3.41. The lowest BCUT2D eigenvalue weighted by Crippen LogP contribution is -2.57. The van der Waals surface area contributed by atoms with Crippen molar-refractivity contribution in [2.45, 2.75) is 70.1 Å². The summed E-state index contributed by atoms with van der Waals surface area (Å²) in [7, 11) is 0. The fourth-order valence-corrected chi connectivity index (χ4v) is 3.41. The van der Waals surface area contributed by atoms with Crippen molar-refractivity contribution in [1.29, 1.82) is 0 Å². The van der Waals surface area contributed by atoms with E-state index in [1.54, 1.807) is 44.2 Å². The van der Waals surface area contributed by atoms with E-state index in [0.717, 1.165) is 0 Å². The molecule has 0 aromatic heterocycles. The normalized spacial score (nSPS) is 14.1. The molecule has 0 aliphatic heterocycles. The number of rotatable bonds is 16. The average Bonchev–Trinajstić information content (AvgIpc) is 2.80. The largest absolute Gasteiger partial charge is 0.481 e. The van der Waals surface area contributed by atoms with Gasteiger partial charge in [0.25, 0.3) is 0 Å². The topological polar surface area (TPSA) is 231 Å². The third-order valence-electron chi connectivity index (χ3n) is 5.28. The molecule has 0 radical (unpaired) electrons. The number of carbonyl (C=O) groups excluding carboxylic acids is 4. The molecule has 37 heavy (non-hydrogen) atoms. The maximum Gasteiger partial charge on any atom is 0.326 e. The molecule has 4 amide bonds. The predicted octanol–water partition coefficient (Wildman–Crippen LogP) is -1.12. The molecule has 0 aliphatic carbocycles. The molecule has 0 spiro atoms. The van der Waals surface area contributed by atoms with E-state index in [-0.39, 0.29) is 31.6 Å². The number of carbonyl (C=O) groups is 6. The average molecular weight is 522 g/mol. The third kappa shape index (κ3) is 12.0. The second kappa shape index (κ2) is 15.2. The molecular weight excluding hydrogens is 486 g/mol. The number of hydrogen-bond acceptors (Lipinski definition) is 7. The Morgan fingerprint density at radius 2 is 1.38 bits per heavy atom. The zero-order chi connectivity index (χ0) is 28.1. The van der Waals surface area contributed by atoms with Crippen LogP contribution in [0.5, 0.6) is 0 Å². The van der Waals surface area contributed by atoms with Crippen LogP contribution >= 0.6 is 0 Å². The highest BCUT2D eigenvalue weighted by Crippen LogP contribution is 2.09. The molecule has 0 bridgehead atoms. The number of aliphatic carboxylic acids is 2. The minimum Gasteiger partial charge on any atom is -0.481 e. The fraction of sp³-hybridized carbons (Fsp3) is 0.500. The molecule has 0 fully saturated rings. The lowest BCUT2D eigenvalue weighted by Gasteiger charge is -2.26. The number of carboxylic acid groups (broad SMARTS) is 2. The van der Waals surface area contributed by atoms with Gasteiger partial charge in [-0.25, -0.2) is 4.79 Å². The number of carboxylic acids is 2. The van der Waals surface area contributed by atoms with Crippen molar-refractivity contribution in [2.24, 2.45) is 17.4 Å². The summed E-state index contributed by atoms with van der Waals surface area (Å²) in [6, 6.07) is 3.37. The van der Waals surface area contributed by atoms with Crippen LogP contribution in [0.15, 0.2) is 30.3 Å². The van der Waals surface area contributed by atoms with E-state index in [1.807, 2.05) is 0 Å². The van der Waals surface area contributed by atoms with Crippen molar-refractivity contribution in [2.75, 3.05) is 0 Å². The van der Waals surface area contributed by atoms with E-state index in [4.69, 9.17) is 16.6 Å².